The summed E-state index contributed by atoms with van der Waals surface area (Å²) in [5.74, 6) is -1.51. The summed E-state index contributed by atoms with van der Waals surface area (Å²) < 4.78 is 23.7. The highest BCUT2D eigenvalue weighted by molar-refractivity contribution is 7.91. The SMILES string of the molecule is CCS(=O)(=O)c1cccc(C(=O)NCCc2nc(C(=O)O)cs2)c1. The molecule has 2 aromatic rings. The van der Waals surface area contributed by atoms with Crippen LogP contribution < -0.4 is 5.32 Å². The number of benzene rings is 1. The van der Waals surface area contributed by atoms with Gasteiger partial charge in [-0.2, -0.15) is 0 Å². The van der Waals surface area contributed by atoms with Crippen molar-refractivity contribution in [1.29, 1.82) is 0 Å². The van der Waals surface area contributed by atoms with Gasteiger partial charge in [-0.1, -0.05) is 13.0 Å². The van der Waals surface area contributed by atoms with Crippen molar-refractivity contribution in [1.82, 2.24) is 10.3 Å². The van der Waals surface area contributed by atoms with Crippen LogP contribution >= 0.6 is 11.3 Å². The summed E-state index contributed by atoms with van der Waals surface area (Å²) in [4.78, 5) is 26.9. The van der Waals surface area contributed by atoms with Gasteiger partial charge in [-0.15, -0.1) is 11.3 Å². The third-order valence-electron chi connectivity index (χ3n) is 3.23. The van der Waals surface area contributed by atoms with E-state index < -0.39 is 21.7 Å². The molecule has 1 aromatic carbocycles. The van der Waals surface area contributed by atoms with Gasteiger partial charge in [0.05, 0.1) is 15.7 Å². The van der Waals surface area contributed by atoms with Crippen LogP contribution in [0, 0.1) is 0 Å². The molecule has 0 bridgehead atoms. The van der Waals surface area contributed by atoms with Crippen LogP contribution in [0.3, 0.4) is 0 Å². The maximum absolute atomic E-state index is 12.1. The third-order valence-corrected chi connectivity index (χ3v) is 5.87. The summed E-state index contributed by atoms with van der Waals surface area (Å²) in [6.07, 6.45) is 0.399. The lowest BCUT2D eigenvalue weighted by molar-refractivity contribution is 0.0690. The van der Waals surface area contributed by atoms with Gasteiger partial charge in [0.25, 0.3) is 5.91 Å². The standard InChI is InChI=1S/C15H16N2O5S2/c1-2-24(21,22)11-5-3-4-10(8-11)14(18)16-7-6-13-17-12(9-23-13)15(19)20/h3-5,8-9H,2,6-7H2,1H3,(H,16,18)(H,19,20). The van der Waals surface area contributed by atoms with Crippen molar-refractivity contribution in [3.8, 4) is 0 Å². The van der Waals surface area contributed by atoms with E-state index in [1.165, 1.54) is 41.0 Å². The van der Waals surface area contributed by atoms with Crippen LogP contribution in [0.25, 0.3) is 0 Å². The number of thiazole rings is 1. The van der Waals surface area contributed by atoms with Gasteiger partial charge in [0.15, 0.2) is 15.5 Å². The minimum absolute atomic E-state index is 0.0150. The first-order chi connectivity index (χ1) is 11.3. The number of amides is 1. The fourth-order valence-corrected chi connectivity index (χ4v) is 3.60. The molecule has 0 aliphatic rings. The predicted molar refractivity (Wildman–Crippen MR) is 89.3 cm³/mol. The Labute approximate surface area is 143 Å². The molecule has 0 atom stereocenters. The van der Waals surface area contributed by atoms with E-state index in [0.717, 1.165) is 0 Å². The van der Waals surface area contributed by atoms with Crippen LogP contribution in [-0.2, 0) is 16.3 Å². The van der Waals surface area contributed by atoms with Crippen LogP contribution in [-0.4, -0.2) is 42.7 Å². The molecule has 0 unspecified atom stereocenters. The smallest absolute Gasteiger partial charge is 0.355 e. The van der Waals surface area contributed by atoms with Crippen LogP contribution in [0.1, 0.15) is 32.8 Å². The molecular formula is C15H16N2O5S2. The van der Waals surface area contributed by atoms with Gasteiger partial charge in [0.2, 0.25) is 0 Å². The number of carbonyl (C=O) groups is 2. The minimum atomic E-state index is -3.37. The molecule has 9 heteroatoms. The van der Waals surface area contributed by atoms with Crippen molar-refractivity contribution >= 4 is 33.1 Å². The molecule has 1 amide bonds. The van der Waals surface area contributed by atoms with E-state index >= 15 is 0 Å². The Morgan fingerprint density at radius 1 is 1.33 bits per heavy atom. The molecule has 0 spiro atoms. The Hall–Kier alpha value is -2.26. The van der Waals surface area contributed by atoms with Gasteiger partial charge in [-0.3, -0.25) is 4.79 Å². The fraction of sp³-hybridized carbons (Fsp3) is 0.267. The quantitative estimate of drug-likeness (QED) is 0.767. The third kappa shape index (κ3) is 4.39. The molecule has 2 rings (SSSR count). The molecular weight excluding hydrogens is 352 g/mol. The Kier molecular flexibility index (Phi) is 5.68. The molecule has 0 saturated heterocycles. The molecule has 0 fully saturated rings. The van der Waals surface area contributed by atoms with E-state index in [0.29, 0.717) is 11.4 Å². The first-order valence-electron chi connectivity index (χ1n) is 7.12. The summed E-state index contributed by atoms with van der Waals surface area (Å²) >= 11 is 1.21. The van der Waals surface area contributed by atoms with Crippen molar-refractivity contribution in [2.75, 3.05) is 12.3 Å². The average molecular weight is 368 g/mol. The summed E-state index contributed by atoms with van der Waals surface area (Å²) in [7, 11) is -3.37. The molecule has 2 N–H and O–H groups in total. The Balaban J connectivity index is 1.97. The van der Waals surface area contributed by atoms with E-state index in [1.807, 2.05) is 0 Å². The van der Waals surface area contributed by atoms with Crippen molar-refractivity contribution in [2.45, 2.75) is 18.2 Å². The predicted octanol–water partition coefficient (Wildman–Crippen LogP) is 1.61. The maximum Gasteiger partial charge on any atom is 0.355 e. The van der Waals surface area contributed by atoms with Crippen molar-refractivity contribution in [3.05, 3.63) is 45.9 Å². The van der Waals surface area contributed by atoms with E-state index in [9.17, 15) is 18.0 Å². The molecule has 128 valence electrons. The van der Waals surface area contributed by atoms with Crippen LogP contribution in [0.15, 0.2) is 34.5 Å². The summed E-state index contributed by atoms with van der Waals surface area (Å²) in [5, 5.41) is 13.5. The highest BCUT2D eigenvalue weighted by atomic mass is 32.2. The van der Waals surface area contributed by atoms with E-state index in [-0.39, 0.29) is 28.5 Å². The lowest BCUT2D eigenvalue weighted by Crippen LogP contribution is -2.25. The number of carboxylic acid groups (broad SMARTS) is 1. The van der Waals surface area contributed by atoms with Gasteiger partial charge in [0, 0.05) is 23.9 Å². The summed E-state index contributed by atoms with van der Waals surface area (Å²) in [6.45, 7) is 1.82. The second-order valence-electron chi connectivity index (χ2n) is 4.87. The first-order valence-corrected chi connectivity index (χ1v) is 9.65. The fourth-order valence-electron chi connectivity index (χ4n) is 1.91. The van der Waals surface area contributed by atoms with E-state index in [2.05, 4.69) is 10.3 Å². The van der Waals surface area contributed by atoms with Crippen LogP contribution in [0.5, 0.6) is 0 Å². The lowest BCUT2D eigenvalue weighted by atomic mass is 10.2. The topological polar surface area (TPSA) is 113 Å². The van der Waals surface area contributed by atoms with Gasteiger partial charge in [-0.25, -0.2) is 18.2 Å². The second-order valence-corrected chi connectivity index (χ2v) is 8.09. The number of aromatic carboxylic acids is 1. The molecule has 1 aromatic heterocycles. The van der Waals surface area contributed by atoms with Gasteiger partial charge >= 0.3 is 5.97 Å². The molecule has 0 aliphatic carbocycles. The average Bonchev–Trinajstić information content (AvgIpc) is 3.04. The minimum Gasteiger partial charge on any atom is -0.476 e. The summed E-state index contributed by atoms with van der Waals surface area (Å²) in [6, 6.07) is 5.87. The highest BCUT2D eigenvalue weighted by Crippen LogP contribution is 2.13. The molecule has 1 heterocycles. The zero-order valence-corrected chi connectivity index (χ0v) is 14.5. The summed E-state index contributed by atoms with van der Waals surface area (Å²) in [5.41, 5.74) is 0.244. The Bertz CT molecular complexity index is 858. The van der Waals surface area contributed by atoms with Crippen molar-refractivity contribution in [3.63, 3.8) is 0 Å². The van der Waals surface area contributed by atoms with Gasteiger partial charge in [-0.05, 0) is 18.2 Å². The number of nitrogens with one attached hydrogen (secondary N) is 1. The van der Waals surface area contributed by atoms with E-state index in [4.69, 9.17) is 5.11 Å². The molecule has 0 aliphatic heterocycles. The number of sulfone groups is 1. The number of nitrogens with zero attached hydrogens (tertiary/aromatic N) is 1. The van der Waals surface area contributed by atoms with Crippen LogP contribution in [0.4, 0.5) is 0 Å². The maximum atomic E-state index is 12.1. The normalized spacial score (nSPS) is 11.2. The second kappa shape index (κ2) is 7.54. The zero-order chi connectivity index (χ0) is 17.7. The lowest BCUT2D eigenvalue weighted by Gasteiger charge is -2.06. The number of aromatic nitrogens is 1. The number of hydrogen-bond acceptors (Lipinski definition) is 6. The molecule has 7 nitrogen and oxygen atoms in total. The molecule has 0 saturated carbocycles. The molecule has 0 radical (unpaired) electrons. The highest BCUT2D eigenvalue weighted by Gasteiger charge is 2.14. The number of hydrogen-bond donors (Lipinski definition) is 2. The van der Waals surface area contributed by atoms with Crippen LogP contribution in [0.2, 0.25) is 0 Å². The van der Waals surface area contributed by atoms with Crippen molar-refractivity contribution in [2.24, 2.45) is 0 Å². The zero-order valence-electron chi connectivity index (χ0n) is 12.9. The first kappa shape index (κ1) is 18.1. The molecule has 24 heavy (non-hydrogen) atoms. The van der Waals surface area contributed by atoms with Crippen molar-refractivity contribution < 1.29 is 23.1 Å². The Morgan fingerprint density at radius 3 is 2.71 bits per heavy atom. The number of carbonyl (C=O) groups excluding carboxylic acids is 1. The Morgan fingerprint density at radius 2 is 2.08 bits per heavy atom. The number of carboxylic acids is 1. The van der Waals surface area contributed by atoms with Gasteiger partial charge in [0.1, 0.15) is 0 Å². The number of rotatable bonds is 7. The van der Waals surface area contributed by atoms with Gasteiger partial charge < -0.3 is 10.4 Å². The van der Waals surface area contributed by atoms with E-state index in [1.54, 1.807) is 6.92 Å². The largest absolute Gasteiger partial charge is 0.476 e. The monoisotopic (exact) mass is 368 g/mol.